The molecule has 1 saturated heterocycles. The van der Waals surface area contributed by atoms with E-state index in [4.69, 9.17) is 4.74 Å². The average Bonchev–Trinajstić information content (AvgIpc) is 2.48. The Morgan fingerprint density at radius 2 is 2.36 bits per heavy atom. The summed E-state index contributed by atoms with van der Waals surface area (Å²) >= 11 is 0. The first-order valence-electron chi connectivity index (χ1n) is 4.53. The van der Waals surface area contributed by atoms with Crippen molar-refractivity contribution in [3.05, 3.63) is 18.0 Å². The fourth-order valence-corrected chi connectivity index (χ4v) is 1.26. The molecule has 14 heavy (non-hydrogen) atoms. The third-order valence-corrected chi connectivity index (χ3v) is 2.23. The van der Waals surface area contributed by atoms with Crippen LogP contribution >= 0.6 is 0 Å². The van der Waals surface area contributed by atoms with E-state index in [0.29, 0.717) is 24.9 Å². The van der Waals surface area contributed by atoms with Crippen LogP contribution in [0.1, 0.15) is 16.5 Å². The van der Waals surface area contributed by atoms with Crippen molar-refractivity contribution in [3.8, 4) is 0 Å². The van der Waals surface area contributed by atoms with Gasteiger partial charge in [-0.05, 0) is 6.07 Å². The number of hydrogen-bond acceptors (Lipinski definition) is 3. The summed E-state index contributed by atoms with van der Waals surface area (Å²) in [4.78, 5) is 13.0. The first kappa shape index (κ1) is 9.21. The topological polar surface area (TPSA) is 47.4 Å². The van der Waals surface area contributed by atoms with Crippen molar-refractivity contribution >= 4 is 5.91 Å². The van der Waals surface area contributed by atoms with E-state index in [2.05, 4.69) is 5.10 Å². The maximum atomic E-state index is 11.5. The molecule has 2 rings (SSSR count). The lowest BCUT2D eigenvalue weighted by Gasteiger charge is -2.25. The maximum Gasteiger partial charge on any atom is 0.273 e. The van der Waals surface area contributed by atoms with Crippen LogP contribution in [0.25, 0.3) is 0 Å². The molecule has 0 spiro atoms. The normalized spacial score (nSPS) is 16.4. The molecule has 0 radical (unpaired) electrons. The third-order valence-electron chi connectivity index (χ3n) is 2.23. The minimum atomic E-state index is -0.0657. The van der Waals surface area contributed by atoms with Gasteiger partial charge in [0.1, 0.15) is 5.69 Å². The Labute approximate surface area is 82.3 Å². The van der Waals surface area contributed by atoms with Gasteiger partial charge in [0, 0.05) is 20.3 Å². The number of carbonyl (C=O) groups is 1. The smallest absolute Gasteiger partial charge is 0.273 e. The fourth-order valence-electron chi connectivity index (χ4n) is 1.26. The number of nitrogens with zero attached hydrogens (tertiary/aromatic N) is 3. The van der Waals surface area contributed by atoms with E-state index in [1.54, 1.807) is 24.8 Å². The second kappa shape index (κ2) is 3.42. The first-order chi connectivity index (χ1) is 6.68. The summed E-state index contributed by atoms with van der Waals surface area (Å²) in [6.07, 6.45) is 1.82. The lowest BCUT2D eigenvalue weighted by Crippen LogP contribution is -2.31. The van der Waals surface area contributed by atoms with Crippen molar-refractivity contribution in [2.24, 2.45) is 0 Å². The molecule has 5 heteroatoms. The molecule has 1 fully saturated rings. The van der Waals surface area contributed by atoms with Crippen molar-refractivity contribution in [1.82, 2.24) is 14.7 Å². The molecular weight excluding hydrogens is 182 g/mol. The Balaban J connectivity index is 2.12. The molecule has 76 valence electrons. The van der Waals surface area contributed by atoms with Crippen LogP contribution < -0.4 is 0 Å². The molecule has 0 aliphatic carbocycles. The highest BCUT2D eigenvalue weighted by Crippen LogP contribution is 2.16. The highest BCUT2D eigenvalue weighted by molar-refractivity contribution is 5.91. The standard InChI is InChI=1S/C9H13N3O2/c1-11(2)9(13)8-3-4-12(10-8)7-5-14-6-7/h3-4,7H,5-6H2,1-2H3. The van der Waals surface area contributed by atoms with Crippen LogP contribution in [-0.4, -0.2) is 47.9 Å². The number of aromatic nitrogens is 2. The highest BCUT2D eigenvalue weighted by atomic mass is 16.5. The van der Waals surface area contributed by atoms with E-state index >= 15 is 0 Å². The van der Waals surface area contributed by atoms with Gasteiger partial charge in [-0.1, -0.05) is 0 Å². The van der Waals surface area contributed by atoms with E-state index in [1.165, 1.54) is 4.90 Å². The zero-order valence-electron chi connectivity index (χ0n) is 8.30. The van der Waals surface area contributed by atoms with E-state index in [1.807, 2.05) is 6.20 Å². The summed E-state index contributed by atoms with van der Waals surface area (Å²) in [5, 5.41) is 4.20. The molecule has 2 heterocycles. The van der Waals surface area contributed by atoms with Crippen molar-refractivity contribution in [3.63, 3.8) is 0 Å². The Bertz CT molecular complexity index is 342. The van der Waals surface area contributed by atoms with E-state index in [0.717, 1.165) is 0 Å². The molecule has 0 aromatic carbocycles. The number of amides is 1. The zero-order valence-corrected chi connectivity index (χ0v) is 8.30. The van der Waals surface area contributed by atoms with Gasteiger partial charge in [0.25, 0.3) is 5.91 Å². The predicted molar refractivity (Wildman–Crippen MR) is 50.1 cm³/mol. The van der Waals surface area contributed by atoms with Gasteiger partial charge in [-0.25, -0.2) is 0 Å². The lowest BCUT2D eigenvalue weighted by atomic mass is 10.3. The Morgan fingerprint density at radius 1 is 1.64 bits per heavy atom. The van der Waals surface area contributed by atoms with Crippen LogP contribution in [-0.2, 0) is 4.74 Å². The summed E-state index contributed by atoms with van der Waals surface area (Å²) in [5.74, 6) is -0.0657. The zero-order chi connectivity index (χ0) is 10.1. The largest absolute Gasteiger partial charge is 0.377 e. The molecule has 5 nitrogen and oxygen atoms in total. The maximum absolute atomic E-state index is 11.5. The lowest BCUT2D eigenvalue weighted by molar-refractivity contribution is -0.0287. The molecule has 1 aliphatic heterocycles. The molecule has 1 aromatic rings. The molecule has 0 bridgehead atoms. The van der Waals surface area contributed by atoms with Crippen LogP contribution in [0.15, 0.2) is 12.3 Å². The van der Waals surface area contributed by atoms with Gasteiger partial charge in [0.2, 0.25) is 0 Å². The van der Waals surface area contributed by atoms with Crippen molar-refractivity contribution in [1.29, 1.82) is 0 Å². The van der Waals surface area contributed by atoms with Gasteiger partial charge in [-0.2, -0.15) is 5.10 Å². The minimum Gasteiger partial charge on any atom is -0.377 e. The number of carbonyl (C=O) groups excluding carboxylic acids is 1. The first-order valence-corrected chi connectivity index (χ1v) is 4.53. The number of hydrogen-bond donors (Lipinski definition) is 0. The van der Waals surface area contributed by atoms with Crippen LogP contribution in [0.2, 0.25) is 0 Å². The summed E-state index contributed by atoms with van der Waals surface area (Å²) in [7, 11) is 3.43. The summed E-state index contributed by atoms with van der Waals surface area (Å²) in [5.41, 5.74) is 0.488. The van der Waals surface area contributed by atoms with E-state index < -0.39 is 0 Å². The summed E-state index contributed by atoms with van der Waals surface area (Å²) in [6, 6.07) is 2.04. The monoisotopic (exact) mass is 195 g/mol. The predicted octanol–water partition coefficient (Wildman–Crippen LogP) is 0.156. The van der Waals surface area contributed by atoms with Crippen LogP contribution in [0.4, 0.5) is 0 Å². The SMILES string of the molecule is CN(C)C(=O)c1ccn(C2COC2)n1. The number of ether oxygens (including phenoxy) is 1. The van der Waals surface area contributed by atoms with Crippen LogP contribution in [0.5, 0.6) is 0 Å². The molecule has 1 aromatic heterocycles. The van der Waals surface area contributed by atoms with Crippen molar-refractivity contribution < 1.29 is 9.53 Å². The Kier molecular flexibility index (Phi) is 2.25. The molecule has 1 aliphatic rings. The molecule has 0 saturated carbocycles. The van der Waals surface area contributed by atoms with Gasteiger partial charge in [-0.15, -0.1) is 0 Å². The molecule has 1 amide bonds. The summed E-state index contributed by atoms with van der Waals surface area (Å²) < 4.78 is 6.84. The average molecular weight is 195 g/mol. The van der Waals surface area contributed by atoms with Crippen molar-refractivity contribution in [2.75, 3.05) is 27.3 Å². The van der Waals surface area contributed by atoms with Gasteiger partial charge >= 0.3 is 0 Å². The van der Waals surface area contributed by atoms with Crippen LogP contribution in [0, 0.1) is 0 Å². The Morgan fingerprint density at radius 3 is 2.86 bits per heavy atom. The fraction of sp³-hybridized carbons (Fsp3) is 0.556. The highest BCUT2D eigenvalue weighted by Gasteiger charge is 2.22. The molecule has 0 atom stereocenters. The Hall–Kier alpha value is -1.36. The van der Waals surface area contributed by atoms with E-state index in [-0.39, 0.29) is 5.91 Å². The minimum absolute atomic E-state index is 0.0657. The molecule has 0 N–H and O–H groups in total. The summed E-state index contributed by atoms with van der Waals surface area (Å²) in [6.45, 7) is 1.38. The molecular formula is C9H13N3O2. The van der Waals surface area contributed by atoms with Crippen molar-refractivity contribution in [2.45, 2.75) is 6.04 Å². The quantitative estimate of drug-likeness (QED) is 0.675. The van der Waals surface area contributed by atoms with Gasteiger partial charge < -0.3 is 9.64 Å². The van der Waals surface area contributed by atoms with E-state index in [9.17, 15) is 4.79 Å². The number of rotatable bonds is 2. The van der Waals surface area contributed by atoms with Gasteiger partial charge in [-0.3, -0.25) is 9.48 Å². The third kappa shape index (κ3) is 1.50. The molecule has 0 unspecified atom stereocenters. The second-order valence-corrected chi connectivity index (χ2v) is 3.57. The second-order valence-electron chi connectivity index (χ2n) is 3.57. The van der Waals surface area contributed by atoms with Crippen LogP contribution in [0.3, 0.4) is 0 Å². The van der Waals surface area contributed by atoms with Gasteiger partial charge in [0.15, 0.2) is 0 Å². The van der Waals surface area contributed by atoms with Gasteiger partial charge in [0.05, 0.1) is 19.3 Å².